The van der Waals surface area contributed by atoms with Crippen molar-refractivity contribution in [3.05, 3.63) is 29.8 Å². The van der Waals surface area contributed by atoms with Gasteiger partial charge in [-0.15, -0.1) is 0 Å². The molecule has 3 fully saturated rings. The third-order valence-electron chi connectivity index (χ3n) is 6.02. The smallest absolute Gasteiger partial charge is 0.381 e. The third-order valence-corrected chi connectivity index (χ3v) is 7.80. The Balaban J connectivity index is 1.65. The molecular weight excluding hydrogens is 409 g/mol. The van der Waals surface area contributed by atoms with Crippen LogP contribution in [0.25, 0.3) is 0 Å². The van der Waals surface area contributed by atoms with E-state index in [2.05, 4.69) is 0 Å². The van der Waals surface area contributed by atoms with Gasteiger partial charge in [-0.2, -0.15) is 17.5 Å². The predicted molar refractivity (Wildman–Crippen MR) is 97.4 cm³/mol. The monoisotopic (exact) mass is 432 g/mol. The minimum Gasteiger partial charge on any atom is -0.381 e. The number of carbonyl (C=O) groups excluding carboxylic acids is 1. The number of alkyl halides is 3. The van der Waals surface area contributed by atoms with Crippen LogP contribution in [-0.2, 0) is 25.7 Å². The van der Waals surface area contributed by atoms with Crippen LogP contribution < -0.4 is 0 Å². The Labute approximate surface area is 167 Å². The van der Waals surface area contributed by atoms with Crippen molar-refractivity contribution < 1.29 is 31.1 Å². The van der Waals surface area contributed by atoms with Gasteiger partial charge in [0.15, 0.2) is 0 Å². The average Bonchev–Trinajstić information content (AvgIpc) is 3.49. The first-order valence-electron chi connectivity index (χ1n) is 9.67. The van der Waals surface area contributed by atoms with Crippen LogP contribution in [0.15, 0.2) is 29.2 Å². The summed E-state index contributed by atoms with van der Waals surface area (Å²) >= 11 is 0. The fourth-order valence-electron chi connectivity index (χ4n) is 4.16. The molecule has 0 aromatic heterocycles. The number of nitrogens with zero attached hydrogens (tertiary/aromatic N) is 2. The predicted octanol–water partition coefficient (Wildman–Crippen LogP) is 2.50. The summed E-state index contributed by atoms with van der Waals surface area (Å²) in [6, 6.07) is 3.68. The average molecular weight is 432 g/mol. The second kappa shape index (κ2) is 7.24. The minimum absolute atomic E-state index is 0.0768. The van der Waals surface area contributed by atoms with Gasteiger partial charge in [0.1, 0.15) is 0 Å². The molecule has 6 nitrogen and oxygen atoms in total. The highest BCUT2D eigenvalue weighted by atomic mass is 32.2. The lowest BCUT2D eigenvalue weighted by atomic mass is 9.85. The quantitative estimate of drug-likeness (QED) is 0.733. The molecule has 1 aromatic carbocycles. The van der Waals surface area contributed by atoms with Crippen molar-refractivity contribution in [2.24, 2.45) is 5.92 Å². The largest absolute Gasteiger partial charge is 0.416 e. The van der Waals surface area contributed by atoms with E-state index >= 15 is 0 Å². The van der Waals surface area contributed by atoms with E-state index < -0.39 is 32.2 Å². The fraction of sp³-hybridized carbons (Fsp3) is 0.632. The SMILES string of the molecule is O=C1CN(S(=O)(=O)c2cccc(C(F)(F)F)c2)CC2(CCOCC2)N1CC1CC1. The van der Waals surface area contributed by atoms with Gasteiger partial charge in [-0.25, -0.2) is 8.42 Å². The molecule has 29 heavy (non-hydrogen) atoms. The molecule has 0 atom stereocenters. The van der Waals surface area contributed by atoms with E-state index in [9.17, 15) is 26.4 Å². The normalized spacial score (nSPS) is 23.6. The fourth-order valence-corrected chi connectivity index (χ4v) is 5.67. The number of rotatable bonds is 4. The number of amides is 1. The summed E-state index contributed by atoms with van der Waals surface area (Å²) in [5.41, 5.74) is -1.69. The van der Waals surface area contributed by atoms with Crippen LogP contribution in [0.2, 0.25) is 0 Å². The highest BCUT2D eigenvalue weighted by Gasteiger charge is 2.50. The zero-order chi connectivity index (χ0) is 20.9. The van der Waals surface area contributed by atoms with E-state index in [0.717, 1.165) is 35.3 Å². The molecule has 3 aliphatic rings. The molecule has 0 radical (unpaired) electrons. The van der Waals surface area contributed by atoms with Crippen molar-refractivity contribution in [2.75, 3.05) is 32.8 Å². The van der Waals surface area contributed by atoms with E-state index in [1.807, 2.05) is 4.90 Å². The number of benzene rings is 1. The van der Waals surface area contributed by atoms with Crippen molar-refractivity contribution in [3.8, 4) is 0 Å². The Morgan fingerprint density at radius 1 is 1.17 bits per heavy atom. The zero-order valence-electron chi connectivity index (χ0n) is 15.8. The van der Waals surface area contributed by atoms with Gasteiger partial charge in [-0.3, -0.25) is 4.79 Å². The molecule has 1 amide bonds. The summed E-state index contributed by atoms with van der Waals surface area (Å²) in [6.07, 6.45) is -1.50. The van der Waals surface area contributed by atoms with Crippen molar-refractivity contribution in [1.29, 1.82) is 0 Å². The van der Waals surface area contributed by atoms with Crippen molar-refractivity contribution in [1.82, 2.24) is 9.21 Å². The molecule has 0 bridgehead atoms. The van der Waals surface area contributed by atoms with Gasteiger partial charge >= 0.3 is 6.18 Å². The summed E-state index contributed by atoms with van der Waals surface area (Å²) in [7, 11) is -4.24. The number of hydrogen-bond acceptors (Lipinski definition) is 4. The van der Waals surface area contributed by atoms with Gasteiger partial charge in [0.2, 0.25) is 15.9 Å². The first kappa shape index (κ1) is 20.6. The summed E-state index contributed by atoms with van der Waals surface area (Å²) in [5.74, 6) is 0.158. The van der Waals surface area contributed by atoms with Crippen molar-refractivity contribution >= 4 is 15.9 Å². The Kier molecular flexibility index (Phi) is 5.15. The number of halogens is 3. The molecule has 1 aliphatic carbocycles. The lowest BCUT2D eigenvalue weighted by molar-refractivity contribution is -0.150. The van der Waals surface area contributed by atoms with Gasteiger partial charge < -0.3 is 9.64 Å². The first-order valence-corrected chi connectivity index (χ1v) is 11.1. The Bertz CT molecular complexity index is 893. The maximum absolute atomic E-state index is 13.1. The van der Waals surface area contributed by atoms with Crippen LogP contribution in [0.3, 0.4) is 0 Å². The second-order valence-electron chi connectivity index (χ2n) is 8.08. The number of sulfonamides is 1. The summed E-state index contributed by atoms with van der Waals surface area (Å²) in [5, 5.41) is 0. The van der Waals surface area contributed by atoms with Gasteiger partial charge in [0.05, 0.1) is 22.5 Å². The summed E-state index contributed by atoms with van der Waals surface area (Å²) < 4.78 is 71.9. The van der Waals surface area contributed by atoms with Crippen LogP contribution >= 0.6 is 0 Å². The molecule has 2 aliphatic heterocycles. The molecule has 0 N–H and O–H groups in total. The number of ether oxygens (including phenoxy) is 1. The van der Waals surface area contributed by atoms with E-state index in [-0.39, 0.29) is 19.0 Å². The molecule has 2 saturated heterocycles. The van der Waals surface area contributed by atoms with Crippen LogP contribution in [0.5, 0.6) is 0 Å². The van der Waals surface area contributed by atoms with Crippen LogP contribution in [0.4, 0.5) is 13.2 Å². The first-order chi connectivity index (χ1) is 13.6. The lowest BCUT2D eigenvalue weighted by Crippen LogP contribution is -2.67. The Morgan fingerprint density at radius 2 is 1.86 bits per heavy atom. The number of carbonyl (C=O) groups is 1. The third kappa shape index (κ3) is 4.02. The van der Waals surface area contributed by atoms with Crippen LogP contribution in [0.1, 0.15) is 31.2 Å². The highest BCUT2D eigenvalue weighted by molar-refractivity contribution is 7.89. The Morgan fingerprint density at radius 3 is 2.48 bits per heavy atom. The van der Waals surface area contributed by atoms with Gasteiger partial charge in [0.25, 0.3) is 0 Å². The molecule has 4 rings (SSSR count). The minimum atomic E-state index is -4.65. The topological polar surface area (TPSA) is 66.9 Å². The summed E-state index contributed by atoms with van der Waals surface area (Å²) in [4.78, 5) is 14.3. The van der Waals surface area contributed by atoms with Crippen molar-refractivity contribution in [3.63, 3.8) is 0 Å². The molecule has 1 saturated carbocycles. The molecule has 160 valence electrons. The van der Waals surface area contributed by atoms with Gasteiger partial charge in [0, 0.05) is 26.3 Å². The lowest BCUT2D eigenvalue weighted by Gasteiger charge is -2.52. The Hall–Kier alpha value is -1.65. The van der Waals surface area contributed by atoms with Crippen LogP contribution in [0, 0.1) is 5.92 Å². The maximum Gasteiger partial charge on any atom is 0.416 e. The molecule has 1 spiro atoms. The van der Waals surface area contributed by atoms with Crippen molar-refractivity contribution in [2.45, 2.75) is 42.3 Å². The highest BCUT2D eigenvalue weighted by Crippen LogP contribution is 2.39. The van der Waals surface area contributed by atoms with Gasteiger partial charge in [-0.1, -0.05) is 6.07 Å². The molecule has 1 aromatic rings. The van der Waals surface area contributed by atoms with E-state index in [4.69, 9.17) is 4.74 Å². The van der Waals surface area contributed by atoms with E-state index in [0.29, 0.717) is 44.6 Å². The molecule has 10 heteroatoms. The standard InChI is InChI=1S/C19H23F3N2O4S/c20-19(21,22)15-2-1-3-16(10-15)29(26,27)23-12-17(25)24(11-14-4-5-14)18(13-23)6-8-28-9-7-18/h1-3,10,14H,4-9,11-13H2. The number of hydrogen-bond donors (Lipinski definition) is 0. The second-order valence-corrected chi connectivity index (χ2v) is 10.0. The van der Waals surface area contributed by atoms with Gasteiger partial charge in [-0.05, 0) is 49.8 Å². The van der Waals surface area contributed by atoms with E-state index in [1.54, 1.807) is 0 Å². The maximum atomic E-state index is 13.1. The van der Waals surface area contributed by atoms with E-state index in [1.165, 1.54) is 0 Å². The zero-order valence-corrected chi connectivity index (χ0v) is 16.6. The van der Waals surface area contributed by atoms with Crippen LogP contribution in [-0.4, -0.2) is 61.9 Å². The molecular formula is C19H23F3N2O4S. The number of piperazine rings is 1. The molecule has 0 unspecified atom stereocenters. The summed E-state index contributed by atoms with van der Waals surface area (Å²) in [6.45, 7) is 1.18. The molecule has 2 heterocycles.